The molecule has 1 aliphatic heterocycles. The number of aliphatic imine (C=N–C) groups is 1. The first-order valence-electron chi connectivity index (χ1n) is 3.95. The maximum absolute atomic E-state index is 4.35. The average molecular weight is 159 g/mol. The number of rotatable bonds is 0. The summed E-state index contributed by atoms with van der Waals surface area (Å²) in [4.78, 5) is 4.35. The van der Waals surface area contributed by atoms with E-state index in [2.05, 4.69) is 30.8 Å². The van der Waals surface area contributed by atoms with Gasteiger partial charge in [0.25, 0.3) is 0 Å². The van der Waals surface area contributed by atoms with Gasteiger partial charge < -0.3 is 0 Å². The minimum absolute atomic E-state index is 0.954. The van der Waals surface area contributed by atoms with Crippen molar-refractivity contribution in [3.05, 3.63) is 23.8 Å². The maximum atomic E-state index is 4.35. The fraction of sp³-hybridized carbons (Fsp3) is 0.200. The number of nitrogens with zero attached hydrogens (tertiary/aromatic N) is 2. The van der Waals surface area contributed by atoms with Crippen LogP contribution in [0.5, 0.6) is 0 Å². The Balaban J connectivity index is 2.65. The molecule has 0 spiro atoms. The number of hydrogen-bond acceptors (Lipinski definition) is 1. The molecule has 0 amide bonds. The van der Waals surface area contributed by atoms with Crippen molar-refractivity contribution in [2.75, 3.05) is 0 Å². The molecule has 0 N–H and O–H groups in total. The van der Waals surface area contributed by atoms with Gasteiger partial charge in [0.1, 0.15) is 0 Å². The molecule has 1 aliphatic rings. The van der Waals surface area contributed by atoms with Gasteiger partial charge >= 0.3 is 5.84 Å². The van der Waals surface area contributed by atoms with Crippen LogP contribution >= 0.6 is 0 Å². The van der Waals surface area contributed by atoms with E-state index in [4.69, 9.17) is 0 Å². The van der Waals surface area contributed by atoms with Crippen LogP contribution in [-0.4, -0.2) is 17.1 Å². The molecule has 2 nitrogen and oxygen atoms in total. The molecule has 12 heavy (non-hydrogen) atoms. The second-order valence-corrected chi connectivity index (χ2v) is 3.08. The van der Waals surface area contributed by atoms with Crippen molar-refractivity contribution in [3.8, 4) is 0 Å². The van der Waals surface area contributed by atoms with Gasteiger partial charge in [-0.05, 0) is 29.6 Å². The SMILES string of the molecule is C=[N+]1C(C)=Nc2ccc(C)cc21. The second-order valence-electron chi connectivity index (χ2n) is 3.08. The molecular weight excluding hydrogens is 148 g/mol. The van der Waals surface area contributed by atoms with Crippen molar-refractivity contribution in [2.24, 2.45) is 4.99 Å². The molecule has 0 radical (unpaired) electrons. The molecule has 1 aromatic carbocycles. The van der Waals surface area contributed by atoms with Crippen LogP contribution in [0.3, 0.4) is 0 Å². The highest BCUT2D eigenvalue weighted by Crippen LogP contribution is 2.33. The highest BCUT2D eigenvalue weighted by Gasteiger charge is 2.24. The monoisotopic (exact) mass is 159 g/mol. The summed E-state index contributed by atoms with van der Waals surface area (Å²) in [6, 6.07) is 6.19. The molecule has 0 saturated heterocycles. The maximum Gasteiger partial charge on any atom is 0.300 e. The third-order valence-electron chi connectivity index (χ3n) is 2.09. The topological polar surface area (TPSA) is 15.4 Å². The number of benzene rings is 1. The Morgan fingerprint density at radius 3 is 2.83 bits per heavy atom. The van der Waals surface area contributed by atoms with Crippen LogP contribution in [0.15, 0.2) is 23.2 Å². The Morgan fingerprint density at radius 1 is 1.33 bits per heavy atom. The van der Waals surface area contributed by atoms with Crippen LogP contribution in [0, 0.1) is 6.92 Å². The van der Waals surface area contributed by atoms with Gasteiger partial charge in [0.15, 0.2) is 5.69 Å². The molecule has 0 aliphatic carbocycles. The van der Waals surface area contributed by atoms with Gasteiger partial charge in [-0.2, -0.15) is 0 Å². The van der Waals surface area contributed by atoms with Crippen LogP contribution in [0.25, 0.3) is 0 Å². The normalized spacial score (nSPS) is 14.5. The fourth-order valence-corrected chi connectivity index (χ4v) is 1.35. The molecule has 0 unspecified atom stereocenters. The van der Waals surface area contributed by atoms with Crippen molar-refractivity contribution in [3.63, 3.8) is 0 Å². The van der Waals surface area contributed by atoms with Crippen LogP contribution in [0.4, 0.5) is 11.4 Å². The van der Waals surface area contributed by atoms with Crippen LogP contribution in [0.1, 0.15) is 12.5 Å². The minimum Gasteiger partial charge on any atom is -0.203 e. The van der Waals surface area contributed by atoms with Crippen LogP contribution in [0.2, 0.25) is 0 Å². The summed E-state index contributed by atoms with van der Waals surface area (Å²) in [6.45, 7) is 7.94. The lowest BCUT2D eigenvalue weighted by Gasteiger charge is -1.95. The molecule has 2 heteroatoms. The lowest BCUT2D eigenvalue weighted by molar-refractivity contribution is -0.290. The smallest absolute Gasteiger partial charge is 0.203 e. The first-order chi connectivity index (χ1) is 5.68. The highest BCUT2D eigenvalue weighted by molar-refractivity contribution is 5.86. The predicted molar refractivity (Wildman–Crippen MR) is 51.0 cm³/mol. The average Bonchev–Trinajstić information content (AvgIpc) is 2.31. The van der Waals surface area contributed by atoms with Crippen molar-refractivity contribution < 1.29 is 4.58 Å². The number of amidine groups is 1. The Kier molecular flexibility index (Phi) is 1.37. The summed E-state index contributed by atoms with van der Waals surface area (Å²) in [6.07, 6.45) is 0. The van der Waals surface area contributed by atoms with Crippen molar-refractivity contribution in [1.29, 1.82) is 0 Å². The zero-order valence-electron chi connectivity index (χ0n) is 7.33. The Morgan fingerprint density at radius 2 is 2.08 bits per heavy atom. The van der Waals surface area contributed by atoms with E-state index < -0.39 is 0 Å². The minimum atomic E-state index is 0.954. The Labute approximate surface area is 71.9 Å². The van der Waals surface area contributed by atoms with E-state index in [1.807, 2.05) is 17.6 Å². The molecule has 60 valence electrons. The first kappa shape index (κ1) is 7.22. The van der Waals surface area contributed by atoms with Gasteiger partial charge in [0, 0.05) is 6.92 Å². The summed E-state index contributed by atoms with van der Waals surface area (Å²) in [5.74, 6) is 0.954. The van der Waals surface area contributed by atoms with E-state index in [9.17, 15) is 0 Å². The van der Waals surface area contributed by atoms with Crippen molar-refractivity contribution in [2.45, 2.75) is 13.8 Å². The lowest BCUT2D eigenvalue weighted by Crippen LogP contribution is -2.04. The van der Waals surface area contributed by atoms with E-state index in [1.54, 1.807) is 0 Å². The van der Waals surface area contributed by atoms with Gasteiger partial charge in [0.2, 0.25) is 5.69 Å². The molecule has 0 fully saturated rings. The van der Waals surface area contributed by atoms with E-state index in [-0.39, 0.29) is 0 Å². The third-order valence-corrected chi connectivity index (χ3v) is 2.09. The lowest BCUT2D eigenvalue weighted by atomic mass is 10.2. The number of aryl methyl sites for hydroxylation is 1. The molecule has 0 atom stereocenters. The first-order valence-corrected chi connectivity index (χ1v) is 3.95. The number of fused-ring (bicyclic) bond motifs is 1. The van der Waals surface area contributed by atoms with E-state index in [1.165, 1.54) is 5.56 Å². The zero-order valence-corrected chi connectivity index (χ0v) is 7.33. The van der Waals surface area contributed by atoms with E-state index >= 15 is 0 Å². The zero-order chi connectivity index (χ0) is 8.72. The Hall–Kier alpha value is -1.44. The van der Waals surface area contributed by atoms with Crippen molar-refractivity contribution in [1.82, 2.24) is 0 Å². The molecule has 0 saturated carbocycles. The van der Waals surface area contributed by atoms with Gasteiger partial charge in [-0.15, -0.1) is 0 Å². The molecule has 1 heterocycles. The van der Waals surface area contributed by atoms with Gasteiger partial charge in [-0.3, -0.25) is 0 Å². The van der Waals surface area contributed by atoms with E-state index in [0.29, 0.717) is 0 Å². The standard InChI is InChI=1S/C10H11N2/c1-7-4-5-9-10(6-7)12(3)8(2)11-9/h4-6H,3H2,1-2H3/q+1. The summed E-state index contributed by atoms with van der Waals surface area (Å²) >= 11 is 0. The molecule has 0 bridgehead atoms. The molecule has 0 aromatic heterocycles. The Bertz CT molecular complexity index is 389. The van der Waals surface area contributed by atoms with Gasteiger partial charge in [-0.25, -0.2) is 4.58 Å². The predicted octanol–water partition coefficient (Wildman–Crippen LogP) is 2.40. The van der Waals surface area contributed by atoms with Crippen molar-refractivity contribution >= 4 is 23.9 Å². The molecule has 1 aromatic rings. The molecule has 2 rings (SSSR count). The quantitative estimate of drug-likeness (QED) is 0.516. The van der Waals surface area contributed by atoms with Gasteiger partial charge in [-0.1, -0.05) is 6.07 Å². The largest absolute Gasteiger partial charge is 0.300 e. The summed E-state index contributed by atoms with van der Waals surface area (Å²) in [7, 11) is 0. The van der Waals surface area contributed by atoms with Crippen LogP contribution < -0.4 is 0 Å². The molecular formula is C10H11N2+. The summed E-state index contributed by atoms with van der Waals surface area (Å²) < 4.78 is 1.86. The summed E-state index contributed by atoms with van der Waals surface area (Å²) in [5, 5.41) is 0. The second kappa shape index (κ2) is 2.27. The highest BCUT2D eigenvalue weighted by atomic mass is 15.1. The van der Waals surface area contributed by atoms with Gasteiger partial charge in [0.05, 0.1) is 6.72 Å². The third kappa shape index (κ3) is 0.881. The number of hydrogen-bond donors (Lipinski definition) is 0. The van der Waals surface area contributed by atoms with Crippen LogP contribution in [-0.2, 0) is 0 Å². The summed E-state index contributed by atoms with van der Waals surface area (Å²) in [5.41, 5.74) is 3.37. The van der Waals surface area contributed by atoms with E-state index in [0.717, 1.165) is 17.2 Å². The fourth-order valence-electron chi connectivity index (χ4n) is 1.35.